The zero-order chi connectivity index (χ0) is 15.0. The maximum Gasteiger partial charge on any atom is 0.240 e. The lowest BCUT2D eigenvalue weighted by Gasteiger charge is -2.11. The first-order chi connectivity index (χ1) is 9.26. The summed E-state index contributed by atoms with van der Waals surface area (Å²) < 4.78 is 27.2. The molecule has 1 aromatic rings. The van der Waals surface area contributed by atoms with Gasteiger partial charge in [0.15, 0.2) is 0 Å². The van der Waals surface area contributed by atoms with Crippen molar-refractivity contribution in [2.24, 2.45) is 11.3 Å². The van der Waals surface area contributed by atoms with Gasteiger partial charge in [0.05, 0.1) is 11.0 Å². The van der Waals surface area contributed by atoms with Gasteiger partial charge in [-0.1, -0.05) is 32.9 Å². The van der Waals surface area contributed by atoms with Crippen molar-refractivity contribution in [3.05, 3.63) is 29.8 Å². The van der Waals surface area contributed by atoms with Crippen LogP contribution in [0.3, 0.4) is 0 Å². The van der Waals surface area contributed by atoms with Gasteiger partial charge in [0.1, 0.15) is 0 Å². The zero-order valence-corrected chi connectivity index (χ0v) is 13.1. The molecule has 1 aromatic carbocycles. The molecule has 2 rings (SSSR count). The van der Waals surface area contributed by atoms with Crippen LogP contribution >= 0.6 is 0 Å². The van der Waals surface area contributed by atoms with Crippen LogP contribution in [0, 0.1) is 11.3 Å². The van der Waals surface area contributed by atoms with Crippen LogP contribution < -0.4 is 4.72 Å². The van der Waals surface area contributed by atoms with E-state index in [9.17, 15) is 13.5 Å². The van der Waals surface area contributed by atoms with E-state index in [-0.39, 0.29) is 10.3 Å². The predicted octanol–water partition coefficient (Wildman–Crippen LogP) is 2.45. The lowest BCUT2D eigenvalue weighted by Crippen LogP contribution is -2.27. The summed E-state index contributed by atoms with van der Waals surface area (Å²) in [4.78, 5) is 0.223. The van der Waals surface area contributed by atoms with E-state index in [0.717, 1.165) is 6.42 Å². The molecule has 1 aliphatic carbocycles. The molecule has 0 bridgehead atoms. The van der Waals surface area contributed by atoms with Gasteiger partial charge in [-0.2, -0.15) is 0 Å². The van der Waals surface area contributed by atoms with Gasteiger partial charge in [-0.15, -0.1) is 0 Å². The van der Waals surface area contributed by atoms with E-state index in [4.69, 9.17) is 0 Å². The highest BCUT2D eigenvalue weighted by Crippen LogP contribution is 2.51. The average molecular weight is 297 g/mol. The molecule has 1 saturated carbocycles. The molecule has 1 aliphatic rings. The fourth-order valence-corrected chi connectivity index (χ4v) is 3.48. The number of aliphatic hydroxyl groups excluding tert-OH is 1. The standard InChI is InChI=1S/C15H23NO3S/c1-4-14(17)11-6-5-7-13(8-11)20(18,19)16-10-12-9-15(12,2)3/h5-8,12,14,16-17H,4,9-10H2,1-3H3. The Bertz CT molecular complexity index is 581. The Labute approximate surface area is 121 Å². The lowest BCUT2D eigenvalue weighted by molar-refractivity contribution is 0.173. The van der Waals surface area contributed by atoms with Crippen molar-refractivity contribution in [3.63, 3.8) is 0 Å². The van der Waals surface area contributed by atoms with Crippen molar-refractivity contribution in [3.8, 4) is 0 Å². The molecule has 0 aromatic heterocycles. The largest absolute Gasteiger partial charge is 0.388 e. The molecule has 4 nitrogen and oxygen atoms in total. The molecule has 2 atom stereocenters. The Morgan fingerprint density at radius 2 is 2.10 bits per heavy atom. The Kier molecular flexibility index (Phi) is 4.23. The Morgan fingerprint density at radius 1 is 1.45 bits per heavy atom. The first-order valence-corrected chi connectivity index (χ1v) is 8.52. The third-order valence-corrected chi connectivity index (χ3v) is 5.60. The van der Waals surface area contributed by atoms with Crippen LogP contribution in [-0.2, 0) is 10.0 Å². The molecule has 112 valence electrons. The quantitative estimate of drug-likeness (QED) is 0.847. The van der Waals surface area contributed by atoms with Crippen molar-refractivity contribution >= 4 is 10.0 Å². The summed E-state index contributed by atoms with van der Waals surface area (Å²) in [6.45, 7) is 6.63. The van der Waals surface area contributed by atoms with Gasteiger partial charge in [0.25, 0.3) is 0 Å². The summed E-state index contributed by atoms with van der Waals surface area (Å²) in [5, 5.41) is 9.80. The maximum absolute atomic E-state index is 12.2. The summed E-state index contributed by atoms with van der Waals surface area (Å²) in [5.74, 6) is 0.418. The molecular formula is C15H23NO3S. The summed E-state index contributed by atoms with van der Waals surface area (Å²) in [7, 11) is -3.49. The van der Waals surface area contributed by atoms with Crippen LogP contribution in [0.2, 0.25) is 0 Å². The van der Waals surface area contributed by atoms with Crippen LogP contribution in [0.5, 0.6) is 0 Å². The SMILES string of the molecule is CCC(O)c1cccc(S(=O)(=O)NCC2CC2(C)C)c1. The number of nitrogens with one attached hydrogen (secondary N) is 1. The predicted molar refractivity (Wildman–Crippen MR) is 78.8 cm³/mol. The zero-order valence-electron chi connectivity index (χ0n) is 12.3. The third kappa shape index (κ3) is 3.40. The third-order valence-electron chi connectivity index (χ3n) is 4.18. The minimum absolute atomic E-state index is 0.223. The molecule has 0 amide bonds. The Hall–Kier alpha value is -0.910. The molecule has 2 unspecified atom stereocenters. The Morgan fingerprint density at radius 3 is 2.65 bits per heavy atom. The van der Waals surface area contributed by atoms with Crippen LogP contribution in [0.25, 0.3) is 0 Å². The summed E-state index contributed by atoms with van der Waals surface area (Å²) >= 11 is 0. The van der Waals surface area contributed by atoms with Crippen LogP contribution in [0.4, 0.5) is 0 Å². The van der Waals surface area contributed by atoms with Crippen molar-refractivity contribution in [2.45, 2.75) is 44.6 Å². The van der Waals surface area contributed by atoms with E-state index >= 15 is 0 Å². The molecule has 1 fully saturated rings. The highest BCUT2D eigenvalue weighted by molar-refractivity contribution is 7.89. The number of sulfonamides is 1. The summed E-state index contributed by atoms with van der Waals surface area (Å²) in [5.41, 5.74) is 0.894. The van der Waals surface area contributed by atoms with Crippen LogP contribution in [0.1, 0.15) is 45.3 Å². The van der Waals surface area contributed by atoms with Gasteiger partial charge in [-0.25, -0.2) is 13.1 Å². The maximum atomic E-state index is 12.2. The van der Waals surface area contributed by atoms with Gasteiger partial charge >= 0.3 is 0 Å². The normalized spacial score (nSPS) is 22.5. The molecule has 0 heterocycles. The second kappa shape index (κ2) is 5.47. The molecule has 20 heavy (non-hydrogen) atoms. The molecule has 5 heteroatoms. The number of hydrogen-bond donors (Lipinski definition) is 2. The second-order valence-corrected chi connectivity index (χ2v) is 8.01. The van der Waals surface area contributed by atoms with Crippen LogP contribution in [0.15, 0.2) is 29.2 Å². The van der Waals surface area contributed by atoms with Crippen molar-refractivity contribution in [1.82, 2.24) is 4.72 Å². The van der Waals surface area contributed by atoms with E-state index < -0.39 is 16.1 Å². The average Bonchev–Trinajstić information content (AvgIpc) is 3.03. The summed E-state index contributed by atoms with van der Waals surface area (Å²) in [6, 6.07) is 6.53. The van der Waals surface area contributed by atoms with E-state index in [0.29, 0.717) is 24.4 Å². The summed E-state index contributed by atoms with van der Waals surface area (Å²) in [6.07, 6.45) is 1.00. The first-order valence-electron chi connectivity index (χ1n) is 7.04. The Balaban J connectivity index is 2.09. The smallest absolute Gasteiger partial charge is 0.240 e. The van der Waals surface area contributed by atoms with E-state index in [1.807, 2.05) is 6.92 Å². The lowest BCUT2D eigenvalue weighted by atomic mass is 10.1. The minimum atomic E-state index is -3.49. The number of benzene rings is 1. The number of rotatable bonds is 6. The molecule has 0 aliphatic heterocycles. The molecule has 0 spiro atoms. The van der Waals surface area contributed by atoms with Crippen molar-refractivity contribution < 1.29 is 13.5 Å². The topological polar surface area (TPSA) is 66.4 Å². The molecule has 0 saturated heterocycles. The van der Waals surface area contributed by atoms with Gasteiger partial charge in [-0.05, 0) is 41.9 Å². The number of hydrogen-bond acceptors (Lipinski definition) is 3. The van der Waals surface area contributed by atoms with Gasteiger partial charge in [0.2, 0.25) is 10.0 Å². The number of aliphatic hydroxyl groups is 1. The fourth-order valence-electron chi connectivity index (χ4n) is 2.34. The monoisotopic (exact) mass is 297 g/mol. The highest BCUT2D eigenvalue weighted by atomic mass is 32.2. The minimum Gasteiger partial charge on any atom is -0.388 e. The fraction of sp³-hybridized carbons (Fsp3) is 0.600. The van der Waals surface area contributed by atoms with Gasteiger partial charge in [0, 0.05) is 6.54 Å². The molecule has 2 N–H and O–H groups in total. The van der Waals surface area contributed by atoms with E-state index in [1.54, 1.807) is 24.3 Å². The highest BCUT2D eigenvalue weighted by Gasteiger charge is 2.45. The second-order valence-electron chi connectivity index (χ2n) is 6.24. The van der Waals surface area contributed by atoms with E-state index in [2.05, 4.69) is 18.6 Å². The van der Waals surface area contributed by atoms with Crippen LogP contribution in [-0.4, -0.2) is 20.1 Å². The van der Waals surface area contributed by atoms with Gasteiger partial charge < -0.3 is 5.11 Å². The van der Waals surface area contributed by atoms with Crippen molar-refractivity contribution in [1.29, 1.82) is 0 Å². The van der Waals surface area contributed by atoms with E-state index in [1.165, 1.54) is 0 Å². The van der Waals surface area contributed by atoms with Crippen molar-refractivity contribution in [2.75, 3.05) is 6.54 Å². The van der Waals surface area contributed by atoms with Gasteiger partial charge in [-0.3, -0.25) is 0 Å². The molecular weight excluding hydrogens is 274 g/mol. The molecule has 0 radical (unpaired) electrons. The first kappa shape index (κ1) is 15.5.